The Morgan fingerprint density at radius 2 is 2.00 bits per heavy atom. The zero-order valence-electron chi connectivity index (χ0n) is 10.5. The van der Waals surface area contributed by atoms with Crippen LogP contribution in [0.3, 0.4) is 0 Å². The lowest BCUT2D eigenvalue weighted by Crippen LogP contribution is -2.19. The Kier molecular flexibility index (Phi) is 5.19. The lowest BCUT2D eigenvalue weighted by molar-refractivity contribution is 0.161. The number of rotatable bonds is 6. The number of nitrogens with zero attached hydrogens (tertiary/aromatic N) is 2. The fraction of sp³-hybridized carbons (Fsp3) is 0.667. The van der Waals surface area contributed by atoms with E-state index in [1.807, 2.05) is 19.1 Å². The molecule has 0 aromatic carbocycles. The largest absolute Gasteiger partial charge is 0.473 e. The third-order valence-electron chi connectivity index (χ3n) is 2.50. The molecule has 1 heterocycles. The Balaban J connectivity index is 2.51. The van der Waals surface area contributed by atoms with Gasteiger partial charge >= 0.3 is 0 Å². The maximum Gasteiger partial charge on any atom is 0.233 e. The molecule has 1 rings (SSSR count). The molecule has 1 N–H and O–H groups in total. The topological polar surface area (TPSA) is 47.0 Å². The number of aromatic nitrogens is 2. The molecule has 0 saturated heterocycles. The summed E-state index contributed by atoms with van der Waals surface area (Å²) >= 11 is 0. The predicted octanol–water partition coefficient (Wildman–Crippen LogP) is 2.01. The van der Waals surface area contributed by atoms with Gasteiger partial charge in [0.2, 0.25) is 5.88 Å². The lowest BCUT2D eigenvalue weighted by atomic mass is 10.1. The maximum atomic E-state index is 5.64. The summed E-state index contributed by atoms with van der Waals surface area (Å²) in [6, 6.07) is 3.82. The molecule has 1 unspecified atom stereocenters. The van der Waals surface area contributed by atoms with Gasteiger partial charge in [0.05, 0.1) is 11.8 Å². The van der Waals surface area contributed by atoms with E-state index in [-0.39, 0.29) is 6.10 Å². The van der Waals surface area contributed by atoms with Crippen molar-refractivity contribution >= 4 is 0 Å². The lowest BCUT2D eigenvalue weighted by Gasteiger charge is -2.16. The van der Waals surface area contributed by atoms with Crippen LogP contribution in [0.15, 0.2) is 12.1 Å². The van der Waals surface area contributed by atoms with E-state index >= 15 is 0 Å². The second kappa shape index (κ2) is 6.43. The second-order valence-electron chi connectivity index (χ2n) is 4.21. The molecule has 1 aromatic heterocycles. The molecule has 4 nitrogen and oxygen atoms in total. The Morgan fingerprint density at radius 3 is 2.50 bits per heavy atom. The number of ether oxygens (including phenoxy) is 1. The molecular weight excluding hydrogens is 202 g/mol. The van der Waals surface area contributed by atoms with Gasteiger partial charge in [-0.15, -0.1) is 5.10 Å². The van der Waals surface area contributed by atoms with Gasteiger partial charge in [0.25, 0.3) is 0 Å². The molecule has 0 amide bonds. The van der Waals surface area contributed by atoms with Crippen LogP contribution in [0, 0.1) is 5.92 Å². The average molecular weight is 223 g/mol. The van der Waals surface area contributed by atoms with Gasteiger partial charge in [0, 0.05) is 12.6 Å². The van der Waals surface area contributed by atoms with Crippen LogP contribution in [0.1, 0.15) is 33.4 Å². The van der Waals surface area contributed by atoms with Crippen molar-refractivity contribution in [3.63, 3.8) is 0 Å². The summed E-state index contributed by atoms with van der Waals surface area (Å²) in [4.78, 5) is 0. The minimum absolute atomic E-state index is 0.161. The molecule has 0 saturated carbocycles. The van der Waals surface area contributed by atoms with E-state index in [9.17, 15) is 0 Å². The maximum absolute atomic E-state index is 5.64. The van der Waals surface area contributed by atoms with Crippen molar-refractivity contribution in [2.75, 3.05) is 6.54 Å². The normalized spacial score (nSPS) is 12.8. The highest BCUT2D eigenvalue weighted by Gasteiger charge is 2.09. The molecule has 0 fully saturated rings. The van der Waals surface area contributed by atoms with Crippen molar-refractivity contribution in [3.05, 3.63) is 17.8 Å². The van der Waals surface area contributed by atoms with Gasteiger partial charge in [-0.05, 0) is 25.5 Å². The van der Waals surface area contributed by atoms with Crippen molar-refractivity contribution in [2.24, 2.45) is 5.92 Å². The first-order chi connectivity index (χ1) is 7.63. The van der Waals surface area contributed by atoms with E-state index in [1.165, 1.54) is 0 Å². The third kappa shape index (κ3) is 4.14. The van der Waals surface area contributed by atoms with Crippen LogP contribution in [0.2, 0.25) is 0 Å². The molecule has 0 aliphatic rings. The van der Waals surface area contributed by atoms with Crippen LogP contribution in [0.5, 0.6) is 5.88 Å². The SMILES string of the molecule is CCNCc1ccc(OC(C)C(C)C)nn1. The van der Waals surface area contributed by atoms with Gasteiger partial charge < -0.3 is 10.1 Å². The van der Waals surface area contributed by atoms with Crippen molar-refractivity contribution in [2.45, 2.75) is 40.3 Å². The summed E-state index contributed by atoms with van der Waals surface area (Å²) < 4.78 is 5.64. The van der Waals surface area contributed by atoms with Crippen LogP contribution in [0.4, 0.5) is 0 Å². The van der Waals surface area contributed by atoms with Crippen molar-refractivity contribution in [1.29, 1.82) is 0 Å². The second-order valence-corrected chi connectivity index (χ2v) is 4.21. The summed E-state index contributed by atoms with van der Waals surface area (Å²) in [7, 11) is 0. The van der Waals surface area contributed by atoms with E-state index < -0.39 is 0 Å². The highest BCUT2D eigenvalue weighted by molar-refractivity contribution is 5.11. The quantitative estimate of drug-likeness (QED) is 0.801. The van der Waals surface area contributed by atoms with E-state index in [2.05, 4.69) is 36.3 Å². The Bertz CT molecular complexity index is 298. The molecule has 1 atom stereocenters. The van der Waals surface area contributed by atoms with Gasteiger partial charge in [-0.1, -0.05) is 20.8 Å². The molecule has 0 aliphatic carbocycles. The molecule has 0 radical (unpaired) electrons. The first-order valence-corrected chi connectivity index (χ1v) is 5.83. The molecule has 4 heteroatoms. The molecule has 90 valence electrons. The standard InChI is InChI=1S/C12H21N3O/c1-5-13-8-11-6-7-12(15-14-11)16-10(4)9(2)3/h6-7,9-10,13H,5,8H2,1-4H3. The summed E-state index contributed by atoms with van der Waals surface area (Å²) in [6.45, 7) is 10.0. The number of hydrogen-bond donors (Lipinski definition) is 1. The summed E-state index contributed by atoms with van der Waals surface area (Å²) in [6.07, 6.45) is 0.161. The van der Waals surface area contributed by atoms with E-state index in [4.69, 9.17) is 4.74 Å². The van der Waals surface area contributed by atoms with E-state index in [0.29, 0.717) is 11.8 Å². The monoisotopic (exact) mass is 223 g/mol. The van der Waals surface area contributed by atoms with Gasteiger partial charge in [-0.2, -0.15) is 5.10 Å². The molecule has 0 spiro atoms. The Labute approximate surface area is 97.4 Å². The summed E-state index contributed by atoms with van der Waals surface area (Å²) in [5, 5.41) is 11.3. The van der Waals surface area contributed by atoms with E-state index in [1.54, 1.807) is 0 Å². The van der Waals surface area contributed by atoms with Crippen LogP contribution >= 0.6 is 0 Å². The number of nitrogens with one attached hydrogen (secondary N) is 1. The minimum atomic E-state index is 0.161. The fourth-order valence-corrected chi connectivity index (χ4v) is 1.08. The van der Waals surface area contributed by atoms with Gasteiger partial charge in [-0.25, -0.2) is 0 Å². The zero-order chi connectivity index (χ0) is 12.0. The van der Waals surface area contributed by atoms with Crippen LogP contribution in [-0.2, 0) is 6.54 Å². The first kappa shape index (κ1) is 12.9. The van der Waals surface area contributed by atoms with E-state index in [0.717, 1.165) is 18.8 Å². The van der Waals surface area contributed by atoms with Crippen molar-refractivity contribution in [3.8, 4) is 5.88 Å². The van der Waals surface area contributed by atoms with Gasteiger partial charge in [0.1, 0.15) is 0 Å². The van der Waals surface area contributed by atoms with Crippen molar-refractivity contribution < 1.29 is 4.74 Å². The molecule has 1 aromatic rings. The third-order valence-corrected chi connectivity index (χ3v) is 2.50. The summed E-state index contributed by atoms with van der Waals surface area (Å²) in [5.74, 6) is 1.07. The van der Waals surface area contributed by atoms with Gasteiger partial charge in [-0.3, -0.25) is 0 Å². The van der Waals surface area contributed by atoms with Crippen molar-refractivity contribution in [1.82, 2.24) is 15.5 Å². The fourth-order valence-electron chi connectivity index (χ4n) is 1.08. The first-order valence-electron chi connectivity index (χ1n) is 5.83. The summed E-state index contributed by atoms with van der Waals surface area (Å²) in [5.41, 5.74) is 0.936. The minimum Gasteiger partial charge on any atom is -0.473 e. The smallest absolute Gasteiger partial charge is 0.233 e. The molecule has 0 bridgehead atoms. The van der Waals surface area contributed by atoms with Crippen LogP contribution < -0.4 is 10.1 Å². The van der Waals surface area contributed by atoms with Crippen LogP contribution in [-0.4, -0.2) is 22.8 Å². The van der Waals surface area contributed by atoms with Crippen LogP contribution in [0.25, 0.3) is 0 Å². The number of hydrogen-bond acceptors (Lipinski definition) is 4. The highest BCUT2D eigenvalue weighted by atomic mass is 16.5. The average Bonchev–Trinajstić information content (AvgIpc) is 2.28. The van der Waals surface area contributed by atoms with Gasteiger partial charge in [0.15, 0.2) is 0 Å². The molecule has 0 aliphatic heterocycles. The Hall–Kier alpha value is -1.16. The molecule has 16 heavy (non-hydrogen) atoms. The highest BCUT2D eigenvalue weighted by Crippen LogP contribution is 2.11. The predicted molar refractivity (Wildman–Crippen MR) is 64.3 cm³/mol. The zero-order valence-corrected chi connectivity index (χ0v) is 10.5. The molecular formula is C12H21N3O. The Morgan fingerprint density at radius 1 is 1.25 bits per heavy atom.